The van der Waals surface area contributed by atoms with Crippen LogP contribution in [0.2, 0.25) is 0 Å². The van der Waals surface area contributed by atoms with E-state index in [1.165, 1.54) is 11.3 Å². The minimum atomic E-state index is 0.963. The van der Waals surface area contributed by atoms with E-state index in [0.29, 0.717) is 0 Å². The first-order chi connectivity index (χ1) is 10.9. The summed E-state index contributed by atoms with van der Waals surface area (Å²) >= 11 is 0. The second-order valence-electron chi connectivity index (χ2n) is 5.32. The van der Waals surface area contributed by atoms with Crippen LogP contribution in [-0.4, -0.2) is 23.1 Å². The lowest BCUT2D eigenvalue weighted by molar-refractivity contribution is 0.616. The van der Waals surface area contributed by atoms with Gasteiger partial charge in [0.05, 0.1) is 17.7 Å². The number of nitrogens with zero attached hydrogens (tertiary/aromatic N) is 2. The van der Waals surface area contributed by atoms with E-state index < -0.39 is 0 Å². The number of aromatic nitrogens is 2. The van der Waals surface area contributed by atoms with Crippen LogP contribution in [0.15, 0.2) is 67.0 Å². The summed E-state index contributed by atoms with van der Waals surface area (Å²) in [5.41, 5.74) is 4.62. The Morgan fingerprint density at radius 2 is 1.55 bits per heavy atom. The molecule has 0 amide bonds. The fourth-order valence-electron chi connectivity index (χ4n) is 2.68. The Morgan fingerprint density at radius 1 is 0.909 bits per heavy atom. The van der Waals surface area contributed by atoms with Gasteiger partial charge in [-0.05, 0) is 20.0 Å². The molecule has 3 rings (SSSR count). The molecule has 22 heavy (non-hydrogen) atoms. The van der Waals surface area contributed by atoms with Gasteiger partial charge in [0, 0.05) is 17.7 Å². The molecule has 0 fully saturated rings. The minimum Gasteiger partial charge on any atom is -0.330 e. The molecule has 1 heterocycles. The highest BCUT2D eigenvalue weighted by Gasteiger charge is 2.14. The van der Waals surface area contributed by atoms with E-state index >= 15 is 0 Å². The Bertz CT molecular complexity index is 702. The van der Waals surface area contributed by atoms with Crippen LogP contribution in [0.5, 0.6) is 0 Å². The van der Waals surface area contributed by atoms with Gasteiger partial charge >= 0.3 is 0 Å². The van der Waals surface area contributed by atoms with E-state index in [9.17, 15) is 0 Å². The van der Waals surface area contributed by atoms with Crippen LogP contribution < -0.4 is 5.32 Å². The SMILES string of the molecule is CNCCCn1cnc(-c2ccccc2)c1-c1ccccc1. The molecule has 0 aliphatic carbocycles. The lowest BCUT2D eigenvalue weighted by atomic mass is 10.0. The molecule has 0 radical (unpaired) electrons. The first kappa shape index (κ1) is 14.5. The standard InChI is InChI=1S/C19H21N3/c1-20-13-8-14-22-15-21-18(16-9-4-2-5-10-16)19(22)17-11-6-3-7-12-17/h2-7,9-12,15,20H,8,13-14H2,1H3. The van der Waals surface area contributed by atoms with Gasteiger partial charge in [0.15, 0.2) is 0 Å². The minimum absolute atomic E-state index is 0.963. The van der Waals surface area contributed by atoms with Gasteiger partial charge in [0.1, 0.15) is 0 Å². The van der Waals surface area contributed by atoms with Gasteiger partial charge in [-0.1, -0.05) is 60.7 Å². The van der Waals surface area contributed by atoms with Gasteiger partial charge < -0.3 is 9.88 Å². The van der Waals surface area contributed by atoms with Crippen molar-refractivity contribution in [3.05, 3.63) is 67.0 Å². The smallest absolute Gasteiger partial charge is 0.0963 e. The Hall–Kier alpha value is -2.39. The van der Waals surface area contributed by atoms with Crippen LogP contribution in [0.3, 0.4) is 0 Å². The van der Waals surface area contributed by atoms with Gasteiger partial charge in [-0.3, -0.25) is 0 Å². The maximum absolute atomic E-state index is 4.68. The van der Waals surface area contributed by atoms with Gasteiger partial charge in [0.2, 0.25) is 0 Å². The van der Waals surface area contributed by atoms with E-state index in [4.69, 9.17) is 0 Å². The highest BCUT2D eigenvalue weighted by atomic mass is 15.1. The molecule has 2 aromatic carbocycles. The number of imidazole rings is 1. The summed E-state index contributed by atoms with van der Waals surface area (Å²) in [5, 5.41) is 3.20. The van der Waals surface area contributed by atoms with E-state index in [-0.39, 0.29) is 0 Å². The van der Waals surface area contributed by atoms with Gasteiger partial charge in [0.25, 0.3) is 0 Å². The number of nitrogens with one attached hydrogen (secondary N) is 1. The summed E-state index contributed by atoms with van der Waals surface area (Å²) in [4.78, 5) is 4.68. The normalized spacial score (nSPS) is 10.8. The molecule has 0 aliphatic heterocycles. The molecule has 3 nitrogen and oxygen atoms in total. The molecule has 0 saturated carbocycles. The third-order valence-electron chi connectivity index (χ3n) is 3.76. The van der Waals surface area contributed by atoms with Crippen molar-refractivity contribution in [2.75, 3.05) is 13.6 Å². The lowest BCUT2D eigenvalue weighted by Crippen LogP contribution is -2.11. The van der Waals surface area contributed by atoms with Crippen molar-refractivity contribution >= 4 is 0 Å². The predicted molar refractivity (Wildman–Crippen MR) is 91.6 cm³/mol. The monoisotopic (exact) mass is 291 g/mol. The number of benzene rings is 2. The zero-order valence-corrected chi connectivity index (χ0v) is 12.9. The molecule has 3 aromatic rings. The summed E-state index contributed by atoms with van der Waals surface area (Å²) < 4.78 is 2.26. The molecule has 0 unspecified atom stereocenters. The molecule has 1 N–H and O–H groups in total. The number of hydrogen-bond acceptors (Lipinski definition) is 2. The Balaban J connectivity index is 2.04. The first-order valence-corrected chi connectivity index (χ1v) is 7.70. The van der Waals surface area contributed by atoms with Crippen molar-refractivity contribution in [2.24, 2.45) is 0 Å². The molecule has 0 saturated heterocycles. The summed E-state index contributed by atoms with van der Waals surface area (Å²) in [6.45, 7) is 1.97. The highest BCUT2D eigenvalue weighted by Crippen LogP contribution is 2.31. The van der Waals surface area contributed by atoms with Crippen molar-refractivity contribution in [1.29, 1.82) is 0 Å². The van der Waals surface area contributed by atoms with Crippen LogP contribution in [0.25, 0.3) is 22.5 Å². The second kappa shape index (κ2) is 7.05. The molecule has 0 atom stereocenters. The van der Waals surface area contributed by atoms with Crippen molar-refractivity contribution in [2.45, 2.75) is 13.0 Å². The topological polar surface area (TPSA) is 29.9 Å². The number of aryl methyl sites for hydroxylation is 1. The molecule has 0 aliphatic rings. The van der Waals surface area contributed by atoms with Gasteiger partial charge in [-0.2, -0.15) is 0 Å². The van der Waals surface area contributed by atoms with Gasteiger partial charge in [-0.25, -0.2) is 4.98 Å². The van der Waals surface area contributed by atoms with Crippen molar-refractivity contribution in [1.82, 2.24) is 14.9 Å². The second-order valence-corrected chi connectivity index (χ2v) is 5.32. The molecular weight excluding hydrogens is 270 g/mol. The van der Waals surface area contributed by atoms with E-state index in [1.54, 1.807) is 0 Å². The fourth-order valence-corrected chi connectivity index (χ4v) is 2.68. The third-order valence-corrected chi connectivity index (χ3v) is 3.76. The average molecular weight is 291 g/mol. The molecule has 3 heteroatoms. The van der Waals surface area contributed by atoms with E-state index in [1.807, 2.05) is 25.5 Å². The zero-order valence-electron chi connectivity index (χ0n) is 12.9. The molecule has 1 aromatic heterocycles. The van der Waals surface area contributed by atoms with Crippen molar-refractivity contribution in [3.8, 4) is 22.5 Å². The summed E-state index contributed by atoms with van der Waals surface area (Å²) in [6, 6.07) is 20.9. The lowest BCUT2D eigenvalue weighted by Gasteiger charge is -2.10. The molecular formula is C19H21N3. The number of hydrogen-bond donors (Lipinski definition) is 1. The summed E-state index contributed by atoms with van der Waals surface area (Å²) in [7, 11) is 1.99. The predicted octanol–water partition coefficient (Wildman–Crippen LogP) is 3.83. The van der Waals surface area contributed by atoms with Crippen LogP contribution in [0.1, 0.15) is 6.42 Å². The number of rotatable bonds is 6. The van der Waals surface area contributed by atoms with Crippen molar-refractivity contribution < 1.29 is 0 Å². The van der Waals surface area contributed by atoms with Crippen LogP contribution >= 0.6 is 0 Å². The largest absolute Gasteiger partial charge is 0.330 e. The first-order valence-electron chi connectivity index (χ1n) is 7.70. The Kier molecular flexibility index (Phi) is 4.66. The van der Waals surface area contributed by atoms with Crippen LogP contribution in [0.4, 0.5) is 0 Å². The zero-order chi connectivity index (χ0) is 15.2. The molecule has 0 spiro atoms. The third kappa shape index (κ3) is 3.10. The molecule has 112 valence electrons. The average Bonchev–Trinajstić information content (AvgIpc) is 3.01. The van der Waals surface area contributed by atoms with E-state index in [0.717, 1.165) is 30.8 Å². The maximum Gasteiger partial charge on any atom is 0.0963 e. The highest BCUT2D eigenvalue weighted by molar-refractivity contribution is 5.78. The van der Waals surface area contributed by atoms with Crippen molar-refractivity contribution in [3.63, 3.8) is 0 Å². The van der Waals surface area contributed by atoms with Crippen LogP contribution in [0, 0.1) is 0 Å². The van der Waals surface area contributed by atoms with Crippen LogP contribution in [-0.2, 0) is 6.54 Å². The Morgan fingerprint density at radius 3 is 2.18 bits per heavy atom. The quantitative estimate of drug-likeness (QED) is 0.700. The summed E-state index contributed by atoms with van der Waals surface area (Å²) in [5.74, 6) is 0. The fraction of sp³-hybridized carbons (Fsp3) is 0.211. The van der Waals surface area contributed by atoms with E-state index in [2.05, 4.69) is 63.4 Å². The van der Waals surface area contributed by atoms with Gasteiger partial charge in [-0.15, -0.1) is 0 Å². The Labute approximate surface area is 131 Å². The molecule has 0 bridgehead atoms. The maximum atomic E-state index is 4.68. The summed E-state index contributed by atoms with van der Waals surface area (Å²) in [6.07, 6.45) is 3.04.